The Morgan fingerprint density at radius 3 is 2.23 bits per heavy atom. The summed E-state index contributed by atoms with van der Waals surface area (Å²) in [6.07, 6.45) is 0. The fourth-order valence-corrected chi connectivity index (χ4v) is 2.12. The van der Waals surface area contributed by atoms with Gasteiger partial charge in [-0.1, -0.05) is 11.6 Å². The highest BCUT2D eigenvalue weighted by molar-refractivity contribution is 6.31. The molecular weight excluding hydrogens is 314 g/mol. The van der Waals surface area contributed by atoms with Crippen molar-refractivity contribution in [2.24, 2.45) is 0 Å². The van der Waals surface area contributed by atoms with Crippen LogP contribution in [-0.4, -0.2) is 14.8 Å². The molecule has 110 valence electrons. The summed E-state index contributed by atoms with van der Waals surface area (Å²) in [6.45, 7) is 0. The van der Waals surface area contributed by atoms with Crippen molar-refractivity contribution in [2.75, 3.05) is 0 Å². The maximum atomic E-state index is 10.9. The normalized spacial score (nSPS) is 10.8. The summed E-state index contributed by atoms with van der Waals surface area (Å²) < 4.78 is 5.46. The minimum atomic E-state index is -0.712. The Bertz CT molecular complexity index is 889. The number of rotatable bonds is 3. The zero-order valence-corrected chi connectivity index (χ0v) is 11.5. The van der Waals surface area contributed by atoms with Crippen LogP contribution in [-0.2, 0) is 0 Å². The Kier molecular flexibility index (Phi) is 3.22. The van der Waals surface area contributed by atoms with Gasteiger partial charge in [-0.05, 0) is 18.2 Å². The van der Waals surface area contributed by atoms with Crippen LogP contribution in [0, 0.1) is 20.2 Å². The predicted molar refractivity (Wildman–Crippen MR) is 77.8 cm³/mol. The Balaban J connectivity index is 2.20. The molecule has 0 bridgehead atoms. The largest absolute Gasteiger partial charge is 0.436 e. The molecule has 0 amide bonds. The number of nitro groups is 2. The van der Waals surface area contributed by atoms with Gasteiger partial charge >= 0.3 is 0 Å². The Morgan fingerprint density at radius 2 is 1.64 bits per heavy atom. The van der Waals surface area contributed by atoms with Crippen molar-refractivity contribution in [1.29, 1.82) is 0 Å². The van der Waals surface area contributed by atoms with Crippen LogP contribution in [0.1, 0.15) is 0 Å². The summed E-state index contributed by atoms with van der Waals surface area (Å²) in [6, 6.07) is 7.98. The lowest BCUT2D eigenvalue weighted by atomic mass is 10.1. The second kappa shape index (κ2) is 5.08. The van der Waals surface area contributed by atoms with Gasteiger partial charge in [-0.2, -0.15) is 0 Å². The lowest BCUT2D eigenvalue weighted by molar-refractivity contribution is -0.394. The number of non-ortho nitro benzene ring substituents is 2. The van der Waals surface area contributed by atoms with E-state index in [-0.39, 0.29) is 11.5 Å². The summed E-state index contributed by atoms with van der Waals surface area (Å²) in [5, 5.41) is 22.2. The van der Waals surface area contributed by atoms with Gasteiger partial charge in [-0.3, -0.25) is 20.2 Å². The molecule has 0 aliphatic carbocycles. The second-order valence-corrected chi connectivity index (χ2v) is 4.82. The van der Waals surface area contributed by atoms with Crippen LogP contribution in [0.2, 0.25) is 5.02 Å². The van der Waals surface area contributed by atoms with Gasteiger partial charge in [-0.25, -0.2) is 4.98 Å². The summed E-state index contributed by atoms with van der Waals surface area (Å²) in [7, 11) is 0. The highest BCUT2D eigenvalue weighted by atomic mass is 35.5. The molecule has 0 spiro atoms. The molecule has 0 fully saturated rings. The first-order chi connectivity index (χ1) is 10.4. The zero-order chi connectivity index (χ0) is 15.9. The molecule has 1 heterocycles. The first kappa shape index (κ1) is 14.0. The topological polar surface area (TPSA) is 112 Å². The van der Waals surface area contributed by atoms with E-state index in [1.807, 2.05) is 0 Å². The third-order valence-electron chi connectivity index (χ3n) is 2.92. The molecule has 0 saturated carbocycles. The van der Waals surface area contributed by atoms with E-state index >= 15 is 0 Å². The number of hydrogen-bond donors (Lipinski definition) is 0. The molecular formula is C13H6ClN3O5. The second-order valence-electron chi connectivity index (χ2n) is 4.38. The van der Waals surface area contributed by atoms with Crippen LogP contribution >= 0.6 is 11.6 Å². The first-order valence-electron chi connectivity index (χ1n) is 5.94. The maximum absolute atomic E-state index is 10.9. The summed E-state index contributed by atoms with van der Waals surface area (Å²) in [5.41, 5.74) is 0.201. The molecule has 0 unspecified atom stereocenters. The lowest BCUT2D eigenvalue weighted by Crippen LogP contribution is -1.93. The van der Waals surface area contributed by atoms with E-state index in [4.69, 9.17) is 16.0 Å². The van der Waals surface area contributed by atoms with Gasteiger partial charge in [0, 0.05) is 17.2 Å². The number of aromatic nitrogens is 1. The van der Waals surface area contributed by atoms with Crippen molar-refractivity contribution >= 4 is 34.1 Å². The SMILES string of the molecule is O=[N+]([O-])c1cc(-c2nc3cc(Cl)ccc3o2)cc([N+](=O)[O-])c1. The Morgan fingerprint density at radius 1 is 1.00 bits per heavy atom. The number of benzene rings is 2. The predicted octanol–water partition coefficient (Wildman–Crippen LogP) is 3.96. The number of nitro benzene ring substituents is 2. The van der Waals surface area contributed by atoms with E-state index in [2.05, 4.69) is 4.98 Å². The van der Waals surface area contributed by atoms with Crippen LogP contribution in [0.15, 0.2) is 40.8 Å². The van der Waals surface area contributed by atoms with Gasteiger partial charge < -0.3 is 4.42 Å². The maximum Gasteiger partial charge on any atom is 0.277 e. The molecule has 0 atom stereocenters. The molecule has 0 saturated heterocycles. The molecule has 8 nitrogen and oxygen atoms in total. The van der Waals surface area contributed by atoms with Crippen molar-refractivity contribution in [1.82, 2.24) is 4.98 Å². The van der Waals surface area contributed by atoms with Gasteiger partial charge in [0.25, 0.3) is 11.4 Å². The van der Waals surface area contributed by atoms with E-state index < -0.39 is 21.2 Å². The van der Waals surface area contributed by atoms with Crippen LogP contribution in [0.4, 0.5) is 11.4 Å². The van der Waals surface area contributed by atoms with Crippen LogP contribution in [0.3, 0.4) is 0 Å². The van der Waals surface area contributed by atoms with Crippen molar-refractivity contribution in [3.8, 4) is 11.5 Å². The minimum Gasteiger partial charge on any atom is -0.436 e. The van der Waals surface area contributed by atoms with Gasteiger partial charge in [0.05, 0.1) is 21.5 Å². The summed E-state index contributed by atoms with van der Waals surface area (Å²) >= 11 is 5.85. The quantitative estimate of drug-likeness (QED) is 0.533. The monoisotopic (exact) mass is 319 g/mol. The van der Waals surface area contributed by atoms with Gasteiger partial charge in [0.2, 0.25) is 5.89 Å². The van der Waals surface area contributed by atoms with E-state index in [9.17, 15) is 20.2 Å². The van der Waals surface area contributed by atoms with E-state index in [1.54, 1.807) is 18.2 Å². The van der Waals surface area contributed by atoms with Gasteiger partial charge in [0.1, 0.15) is 5.52 Å². The van der Waals surface area contributed by atoms with Crippen molar-refractivity contribution in [3.63, 3.8) is 0 Å². The van der Waals surface area contributed by atoms with Crippen LogP contribution in [0.5, 0.6) is 0 Å². The zero-order valence-electron chi connectivity index (χ0n) is 10.7. The van der Waals surface area contributed by atoms with Crippen molar-refractivity contribution < 1.29 is 14.3 Å². The molecule has 2 aromatic carbocycles. The number of hydrogen-bond acceptors (Lipinski definition) is 6. The number of halogens is 1. The summed E-state index contributed by atoms with van der Waals surface area (Å²) in [5.74, 6) is 0.0454. The molecule has 0 aliphatic rings. The van der Waals surface area contributed by atoms with Crippen molar-refractivity contribution in [3.05, 3.63) is 61.6 Å². The average Bonchev–Trinajstić information content (AvgIpc) is 2.89. The number of fused-ring (bicyclic) bond motifs is 1. The van der Waals surface area contributed by atoms with Gasteiger partial charge in [-0.15, -0.1) is 0 Å². The van der Waals surface area contributed by atoms with Crippen LogP contribution in [0.25, 0.3) is 22.6 Å². The molecule has 3 rings (SSSR count). The van der Waals surface area contributed by atoms with E-state index in [0.717, 1.165) is 6.07 Å². The first-order valence-corrected chi connectivity index (χ1v) is 6.32. The molecule has 9 heteroatoms. The highest BCUT2D eigenvalue weighted by Crippen LogP contribution is 2.31. The Hall–Kier alpha value is -3.00. The third kappa shape index (κ3) is 2.47. The molecule has 22 heavy (non-hydrogen) atoms. The molecule has 3 aromatic rings. The molecule has 0 radical (unpaired) electrons. The highest BCUT2D eigenvalue weighted by Gasteiger charge is 2.20. The standard InChI is InChI=1S/C13H6ClN3O5/c14-8-1-2-12-11(5-8)15-13(22-12)7-3-9(16(18)19)6-10(4-7)17(20)21/h1-6H. The lowest BCUT2D eigenvalue weighted by Gasteiger charge is -1.97. The molecule has 1 aromatic heterocycles. The fourth-order valence-electron chi connectivity index (χ4n) is 1.95. The van der Waals surface area contributed by atoms with E-state index in [1.165, 1.54) is 12.1 Å². The van der Waals surface area contributed by atoms with Crippen molar-refractivity contribution in [2.45, 2.75) is 0 Å². The molecule has 0 N–H and O–H groups in total. The van der Waals surface area contributed by atoms with Crippen LogP contribution < -0.4 is 0 Å². The minimum absolute atomic E-state index is 0.0454. The number of nitrogens with zero attached hydrogens (tertiary/aromatic N) is 3. The van der Waals surface area contributed by atoms with E-state index in [0.29, 0.717) is 16.1 Å². The smallest absolute Gasteiger partial charge is 0.277 e. The summed E-state index contributed by atoms with van der Waals surface area (Å²) in [4.78, 5) is 24.5. The van der Waals surface area contributed by atoms with Gasteiger partial charge in [0.15, 0.2) is 5.58 Å². The molecule has 0 aliphatic heterocycles. The average molecular weight is 320 g/mol. The number of oxazole rings is 1. The third-order valence-corrected chi connectivity index (χ3v) is 3.16. The fraction of sp³-hybridized carbons (Fsp3) is 0. The Labute approximate surface area is 127 Å².